The van der Waals surface area contributed by atoms with E-state index in [9.17, 15) is 0 Å². The van der Waals surface area contributed by atoms with E-state index < -0.39 is 0 Å². The molecule has 11 rings (SSSR count). The van der Waals surface area contributed by atoms with Gasteiger partial charge in [0, 0.05) is 10.8 Å². The molecule has 0 fully saturated rings. The van der Waals surface area contributed by atoms with Gasteiger partial charge in [0.15, 0.2) is 0 Å². The third-order valence-electron chi connectivity index (χ3n) is 10.1. The van der Waals surface area contributed by atoms with Crippen LogP contribution in [0.4, 0.5) is 0 Å². The molecule has 0 radical (unpaired) electrons. The van der Waals surface area contributed by atoms with Crippen molar-refractivity contribution in [2.75, 3.05) is 0 Å². The standard InChI is InChI=1S/C44H24O/c1-3-25-9-11-32-21-34(22-33-12-10-26(4-1)41(25)43(32)33)30-15-19-39-37(23-30)38-24-31(16-20-40(38)45-39)35-17-13-29-8-7-27-5-2-6-28-14-18-36(35)44(29)42(27)28/h1-24H. The second kappa shape index (κ2) is 8.37. The van der Waals surface area contributed by atoms with Crippen molar-refractivity contribution >= 4 is 86.6 Å². The molecule has 0 spiro atoms. The van der Waals surface area contributed by atoms with E-state index in [0.29, 0.717) is 0 Å². The van der Waals surface area contributed by atoms with Gasteiger partial charge in [0.25, 0.3) is 0 Å². The number of fused-ring (bicyclic) bond motifs is 3. The van der Waals surface area contributed by atoms with Crippen LogP contribution in [0.3, 0.4) is 0 Å². The topological polar surface area (TPSA) is 13.1 Å². The van der Waals surface area contributed by atoms with E-state index in [-0.39, 0.29) is 0 Å². The molecular weight excluding hydrogens is 544 g/mol. The number of furan rings is 1. The third-order valence-corrected chi connectivity index (χ3v) is 10.1. The van der Waals surface area contributed by atoms with Crippen LogP contribution in [0.5, 0.6) is 0 Å². The lowest BCUT2D eigenvalue weighted by Crippen LogP contribution is -1.87. The average Bonchev–Trinajstić information content (AvgIpc) is 3.46. The summed E-state index contributed by atoms with van der Waals surface area (Å²) in [6.45, 7) is 0. The number of hydrogen-bond acceptors (Lipinski definition) is 1. The predicted molar refractivity (Wildman–Crippen MR) is 192 cm³/mol. The molecule has 206 valence electrons. The molecule has 1 nitrogen and oxygen atoms in total. The van der Waals surface area contributed by atoms with Crippen LogP contribution in [0.25, 0.3) is 109 Å². The highest BCUT2D eigenvalue weighted by Gasteiger charge is 2.16. The quantitative estimate of drug-likeness (QED) is 0.189. The molecule has 0 saturated heterocycles. The molecule has 0 amide bonds. The van der Waals surface area contributed by atoms with Crippen molar-refractivity contribution in [2.45, 2.75) is 0 Å². The van der Waals surface area contributed by atoms with Gasteiger partial charge in [-0.1, -0.05) is 109 Å². The van der Waals surface area contributed by atoms with Gasteiger partial charge in [0.05, 0.1) is 0 Å². The van der Waals surface area contributed by atoms with E-state index in [2.05, 4.69) is 146 Å². The monoisotopic (exact) mass is 568 g/mol. The SMILES string of the molecule is c1cc2ccc3cc(-c4ccc5oc6ccc(-c7ccc8ccc9cccc%10ccc7c8c9%10)cc6c5c4)cc4ccc(c1)c2c34. The lowest BCUT2D eigenvalue weighted by molar-refractivity contribution is 0.669. The summed E-state index contributed by atoms with van der Waals surface area (Å²) in [5, 5.41) is 18.0. The molecule has 0 saturated carbocycles. The van der Waals surface area contributed by atoms with Crippen LogP contribution in [-0.2, 0) is 0 Å². The summed E-state index contributed by atoms with van der Waals surface area (Å²) in [6.07, 6.45) is 0. The molecule has 1 heterocycles. The highest BCUT2D eigenvalue weighted by molar-refractivity contribution is 6.26. The summed E-state index contributed by atoms with van der Waals surface area (Å²) >= 11 is 0. The van der Waals surface area contributed by atoms with E-state index >= 15 is 0 Å². The van der Waals surface area contributed by atoms with Crippen molar-refractivity contribution in [3.63, 3.8) is 0 Å². The van der Waals surface area contributed by atoms with Gasteiger partial charge in [-0.05, 0) is 123 Å². The van der Waals surface area contributed by atoms with Gasteiger partial charge in [-0.15, -0.1) is 0 Å². The summed E-state index contributed by atoms with van der Waals surface area (Å²) in [7, 11) is 0. The van der Waals surface area contributed by atoms with Crippen molar-refractivity contribution in [3.8, 4) is 22.3 Å². The van der Waals surface area contributed by atoms with Crippen LogP contribution in [-0.4, -0.2) is 0 Å². The maximum Gasteiger partial charge on any atom is 0.135 e. The van der Waals surface area contributed by atoms with Crippen molar-refractivity contribution in [3.05, 3.63) is 146 Å². The smallest absolute Gasteiger partial charge is 0.135 e. The zero-order valence-electron chi connectivity index (χ0n) is 24.3. The molecule has 0 bridgehead atoms. The maximum atomic E-state index is 6.37. The number of benzene rings is 10. The number of hydrogen-bond donors (Lipinski definition) is 0. The highest BCUT2D eigenvalue weighted by atomic mass is 16.3. The van der Waals surface area contributed by atoms with E-state index in [1.807, 2.05) is 0 Å². The van der Waals surface area contributed by atoms with Gasteiger partial charge in [0.1, 0.15) is 11.2 Å². The lowest BCUT2D eigenvalue weighted by atomic mass is 9.89. The average molecular weight is 569 g/mol. The maximum absolute atomic E-state index is 6.37. The zero-order valence-corrected chi connectivity index (χ0v) is 24.3. The summed E-state index contributed by atoms with van der Waals surface area (Å²) in [5.74, 6) is 0. The first kappa shape index (κ1) is 23.5. The van der Waals surface area contributed by atoms with Gasteiger partial charge in [0.2, 0.25) is 0 Å². The Labute approximate surface area is 258 Å². The molecule has 0 N–H and O–H groups in total. The first-order valence-electron chi connectivity index (χ1n) is 15.6. The number of rotatable bonds is 2. The van der Waals surface area contributed by atoms with Crippen LogP contribution >= 0.6 is 0 Å². The fourth-order valence-corrected chi connectivity index (χ4v) is 8.03. The first-order chi connectivity index (χ1) is 22.3. The summed E-state index contributed by atoms with van der Waals surface area (Å²) in [4.78, 5) is 0. The minimum atomic E-state index is 0.916. The predicted octanol–water partition coefficient (Wildman–Crippen LogP) is 12.7. The van der Waals surface area contributed by atoms with Crippen molar-refractivity contribution in [1.82, 2.24) is 0 Å². The second-order valence-corrected chi connectivity index (χ2v) is 12.5. The van der Waals surface area contributed by atoms with Gasteiger partial charge < -0.3 is 4.42 Å². The van der Waals surface area contributed by atoms with Crippen LogP contribution < -0.4 is 0 Å². The molecule has 1 aromatic heterocycles. The fraction of sp³-hybridized carbons (Fsp3) is 0. The molecule has 0 atom stereocenters. The molecule has 10 aromatic carbocycles. The second-order valence-electron chi connectivity index (χ2n) is 12.5. The Morgan fingerprint density at radius 1 is 0.289 bits per heavy atom. The Balaban J connectivity index is 1.11. The van der Waals surface area contributed by atoms with Gasteiger partial charge in [-0.25, -0.2) is 0 Å². The molecule has 1 heteroatoms. The van der Waals surface area contributed by atoms with Crippen LogP contribution in [0, 0.1) is 0 Å². The van der Waals surface area contributed by atoms with Gasteiger partial charge in [-0.2, -0.15) is 0 Å². The Hall–Kier alpha value is -5.92. The van der Waals surface area contributed by atoms with Crippen molar-refractivity contribution in [1.29, 1.82) is 0 Å². The molecule has 0 unspecified atom stereocenters. The summed E-state index contributed by atoms with van der Waals surface area (Å²) in [6, 6.07) is 53.8. The normalized spacial score (nSPS) is 12.4. The largest absolute Gasteiger partial charge is 0.456 e. The van der Waals surface area contributed by atoms with E-state index in [1.54, 1.807) is 0 Å². The molecule has 0 aliphatic heterocycles. The molecule has 0 aliphatic rings. The van der Waals surface area contributed by atoms with Gasteiger partial charge >= 0.3 is 0 Å². The van der Waals surface area contributed by atoms with Crippen molar-refractivity contribution in [2.24, 2.45) is 0 Å². The lowest BCUT2D eigenvalue weighted by Gasteiger charge is -2.14. The Bertz CT molecular complexity index is 2900. The minimum absolute atomic E-state index is 0.916. The van der Waals surface area contributed by atoms with Crippen LogP contribution in [0.15, 0.2) is 150 Å². The highest BCUT2D eigenvalue weighted by Crippen LogP contribution is 2.42. The van der Waals surface area contributed by atoms with Gasteiger partial charge in [-0.3, -0.25) is 0 Å². The Morgan fingerprint density at radius 3 is 1.40 bits per heavy atom. The van der Waals surface area contributed by atoms with E-state index in [1.165, 1.54) is 86.9 Å². The minimum Gasteiger partial charge on any atom is -0.456 e. The third kappa shape index (κ3) is 3.17. The molecule has 0 aliphatic carbocycles. The summed E-state index contributed by atoms with van der Waals surface area (Å²) < 4.78 is 6.37. The van der Waals surface area contributed by atoms with Crippen LogP contribution in [0.1, 0.15) is 0 Å². The van der Waals surface area contributed by atoms with Crippen LogP contribution in [0.2, 0.25) is 0 Å². The Morgan fingerprint density at radius 2 is 0.756 bits per heavy atom. The molecular formula is C44H24O. The molecule has 45 heavy (non-hydrogen) atoms. The van der Waals surface area contributed by atoms with E-state index in [0.717, 1.165) is 21.9 Å². The Kier molecular flexibility index (Phi) is 4.38. The fourth-order valence-electron chi connectivity index (χ4n) is 8.03. The molecule has 11 aromatic rings. The summed E-state index contributed by atoms with van der Waals surface area (Å²) in [5.41, 5.74) is 6.71. The first-order valence-corrected chi connectivity index (χ1v) is 15.6. The van der Waals surface area contributed by atoms with E-state index in [4.69, 9.17) is 4.42 Å². The zero-order chi connectivity index (χ0) is 29.2. The van der Waals surface area contributed by atoms with Crippen molar-refractivity contribution < 1.29 is 4.42 Å².